The van der Waals surface area contributed by atoms with E-state index in [1.807, 2.05) is 11.8 Å². The van der Waals surface area contributed by atoms with Crippen LogP contribution in [0.3, 0.4) is 0 Å². The smallest absolute Gasteiger partial charge is 0.222 e. The Balaban J connectivity index is 1.53. The third-order valence-corrected chi connectivity index (χ3v) is 8.01. The molecule has 2 unspecified atom stereocenters. The number of hydrogen-bond donors (Lipinski definition) is 0. The highest BCUT2D eigenvalue weighted by molar-refractivity contribution is 5.97. The number of nitriles is 1. The molecule has 3 heterocycles. The van der Waals surface area contributed by atoms with Crippen molar-refractivity contribution in [1.82, 2.24) is 14.9 Å². The Morgan fingerprint density at radius 1 is 1.13 bits per heavy atom. The number of nitrogens with zero attached hydrogens (tertiary/aromatic N) is 6. The molecule has 1 fully saturated rings. The van der Waals surface area contributed by atoms with Crippen LogP contribution in [0.25, 0.3) is 10.8 Å². The Kier molecular flexibility index (Phi) is 7.25. The van der Waals surface area contributed by atoms with Crippen molar-refractivity contribution in [3.63, 3.8) is 0 Å². The molecular formula is C31H38N6O. The lowest BCUT2D eigenvalue weighted by Gasteiger charge is -2.46. The van der Waals surface area contributed by atoms with E-state index in [0.29, 0.717) is 25.9 Å². The van der Waals surface area contributed by atoms with Crippen molar-refractivity contribution in [3.05, 3.63) is 59.0 Å². The second kappa shape index (κ2) is 10.6. The quantitative estimate of drug-likeness (QED) is 0.460. The van der Waals surface area contributed by atoms with Gasteiger partial charge in [-0.3, -0.25) is 4.79 Å². The van der Waals surface area contributed by atoms with Crippen LogP contribution in [0.15, 0.2) is 36.4 Å². The van der Waals surface area contributed by atoms with Crippen LogP contribution in [0.1, 0.15) is 69.1 Å². The predicted molar refractivity (Wildman–Crippen MR) is 152 cm³/mol. The first-order chi connectivity index (χ1) is 18.3. The van der Waals surface area contributed by atoms with Gasteiger partial charge in [0.1, 0.15) is 11.6 Å². The molecule has 7 heteroatoms. The fourth-order valence-electron chi connectivity index (χ4n) is 6.18. The Labute approximate surface area is 226 Å². The molecule has 0 radical (unpaired) electrons. The molecule has 7 nitrogen and oxygen atoms in total. The number of anilines is 2. The first-order valence-electron chi connectivity index (χ1n) is 13.9. The summed E-state index contributed by atoms with van der Waals surface area (Å²) in [5.74, 6) is 2.16. The Morgan fingerprint density at radius 3 is 2.61 bits per heavy atom. The van der Waals surface area contributed by atoms with Gasteiger partial charge < -0.3 is 14.7 Å². The fraction of sp³-hybridized carbons (Fsp3) is 0.484. The predicted octanol–water partition coefficient (Wildman–Crippen LogP) is 5.35. The van der Waals surface area contributed by atoms with E-state index in [1.165, 1.54) is 27.6 Å². The number of aryl methyl sites for hydroxylation is 1. The van der Waals surface area contributed by atoms with Gasteiger partial charge in [-0.15, -0.1) is 0 Å². The number of carbonyl (C=O) groups is 1. The summed E-state index contributed by atoms with van der Waals surface area (Å²) in [6, 6.07) is 15.2. The average Bonchev–Trinajstić information content (AvgIpc) is 2.91. The van der Waals surface area contributed by atoms with E-state index in [9.17, 15) is 10.1 Å². The van der Waals surface area contributed by atoms with Crippen molar-refractivity contribution in [2.45, 2.75) is 78.4 Å². The molecule has 2 aliphatic rings. The first kappa shape index (κ1) is 26.0. The summed E-state index contributed by atoms with van der Waals surface area (Å²) in [6.07, 6.45) is 1.64. The minimum absolute atomic E-state index is 0.0152. The van der Waals surface area contributed by atoms with Crippen LogP contribution in [0, 0.1) is 18.3 Å². The third kappa shape index (κ3) is 4.69. The van der Waals surface area contributed by atoms with Crippen molar-refractivity contribution in [2.24, 2.45) is 0 Å². The maximum absolute atomic E-state index is 12.7. The molecule has 0 saturated carbocycles. The van der Waals surface area contributed by atoms with Crippen molar-refractivity contribution >= 4 is 28.2 Å². The van der Waals surface area contributed by atoms with E-state index in [-0.39, 0.29) is 23.9 Å². The van der Waals surface area contributed by atoms with Crippen LogP contribution >= 0.6 is 0 Å². The number of hydrogen-bond acceptors (Lipinski definition) is 6. The first-order valence-corrected chi connectivity index (χ1v) is 13.9. The molecule has 1 saturated heterocycles. The summed E-state index contributed by atoms with van der Waals surface area (Å²) in [5.41, 5.74) is 4.84. The Morgan fingerprint density at radius 2 is 1.89 bits per heavy atom. The second-order valence-corrected chi connectivity index (χ2v) is 11.0. The normalized spacial score (nSPS) is 19.6. The monoisotopic (exact) mass is 510 g/mol. The van der Waals surface area contributed by atoms with Gasteiger partial charge >= 0.3 is 0 Å². The van der Waals surface area contributed by atoms with Crippen LogP contribution in [0.4, 0.5) is 11.5 Å². The Hall–Kier alpha value is -3.66. The summed E-state index contributed by atoms with van der Waals surface area (Å²) in [7, 11) is 0. The number of fused-ring (bicyclic) bond motifs is 2. The summed E-state index contributed by atoms with van der Waals surface area (Å²) in [4.78, 5) is 29.6. The number of piperazine rings is 1. The summed E-state index contributed by atoms with van der Waals surface area (Å²) in [6.45, 7) is 13.4. The highest BCUT2D eigenvalue weighted by Gasteiger charge is 2.37. The topological polar surface area (TPSA) is 76.4 Å². The van der Waals surface area contributed by atoms with E-state index in [0.717, 1.165) is 36.8 Å². The molecule has 5 rings (SSSR count). The van der Waals surface area contributed by atoms with Crippen LogP contribution in [0.5, 0.6) is 0 Å². The van der Waals surface area contributed by atoms with Gasteiger partial charge in [0.25, 0.3) is 0 Å². The molecule has 2 aromatic carbocycles. The lowest BCUT2D eigenvalue weighted by atomic mass is 9.98. The number of carbonyl (C=O) groups excluding carboxylic acids is 1. The van der Waals surface area contributed by atoms with Gasteiger partial charge in [0.15, 0.2) is 0 Å². The van der Waals surface area contributed by atoms with Gasteiger partial charge in [0, 0.05) is 54.7 Å². The molecule has 0 spiro atoms. The molecule has 3 aromatic rings. The fourth-order valence-corrected chi connectivity index (χ4v) is 6.18. The van der Waals surface area contributed by atoms with E-state index in [1.54, 1.807) is 0 Å². The molecule has 2 atom stereocenters. The lowest BCUT2D eigenvalue weighted by Crippen LogP contribution is -2.60. The van der Waals surface area contributed by atoms with Crippen LogP contribution in [-0.2, 0) is 17.8 Å². The highest BCUT2D eigenvalue weighted by Crippen LogP contribution is 2.36. The van der Waals surface area contributed by atoms with Gasteiger partial charge in [-0.1, -0.05) is 51.1 Å². The van der Waals surface area contributed by atoms with Crippen molar-refractivity contribution in [3.8, 4) is 6.07 Å². The number of amides is 1. The van der Waals surface area contributed by atoms with Gasteiger partial charge in [0.2, 0.25) is 5.91 Å². The van der Waals surface area contributed by atoms with E-state index >= 15 is 0 Å². The van der Waals surface area contributed by atoms with Gasteiger partial charge in [-0.25, -0.2) is 9.97 Å². The highest BCUT2D eigenvalue weighted by atomic mass is 16.2. The molecule has 2 aliphatic heterocycles. The zero-order valence-corrected chi connectivity index (χ0v) is 23.2. The zero-order valence-electron chi connectivity index (χ0n) is 23.2. The van der Waals surface area contributed by atoms with E-state index in [2.05, 4.69) is 80.0 Å². The van der Waals surface area contributed by atoms with Gasteiger partial charge in [0.05, 0.1) is 30.8 Å². The molecular weight excluding hydrogens is 472 g/mol. The maximum atomic E-state index is 12.7. The van der Waals surface area contributed by atoms with Gasteiger partial charge in [-0.05, 0) is 37.3 Å². The number of aromatic nitrogens is 2. The van der Waals surface area contributed by atoms with Crippen LogP contribution < -0.4 is 9.80 Å². The minimum atomic E-state index is -0.136. The molecule has 0 bridgehead atoms. The molecule has 1 amide bonds. The summed E-state index contributed by atoms with van der Waals surface area (Å²) in [5, 5.41) is 12.1. The number of rotatable bonds is 5. The standard InChI is InChI=1S/C31H38N6O/c1-6-28(38)37-22(5)17-36(18-24(37)13-15-32)31-25-14-16-35(19-26(25)33-30(34-31)20(2)3)27-12-8-11-23-10-7-9-21(4)29(23)27/h7-12,20,22,24H,6,13-14,16-19H2,1-5H3. The summed E-state index contributed by atoms with van der Waals surface area (Å²) < 4.78 is 0. The minimum Gasteiger partial charge on any atom is -0.365 e. The number of benzene rings is 2. The molecule has 1 aromatic heterocycles. The molecule has 0 N–H and O–H groups in total. The molecule has 0 aliphatic carbocycles. The molecule has 38 heavy (non-hydrogen) atoms. The molecule has 198 valence electrons. The van der Waals surface area contributed by atoms with Crippen LogP contribution in [0.2, 0.25) is 0 Å². The average molecular weight is 511 g/mol. The van der Waals surface area contributed by atoms with E-state index < -0.39 is 0 Å². The van der Waals surface area contributed by atoms with Crippen molar-refractivity contribution < 1.29 is 4.79 Å². The maximum Gasteiger partial charge on any atom is 0.222 e. The Bertz CT molecular complexity index is 1390. The summed E-state index contributed by atoms with van der Waals surface area (Å²) >= 11 is 0. The largest absolute Gasteiger partial charge is 0.365 e. The SMILES string of the molecule is CCC(=O)N1C(C)CN(c2nc(C(C)C)nc3c2CCN(c2cccc4cccc(C)c24)C3)CC1CC#N. The van der Waals surface area contributed by atoms with E-state index in [4.69, 9.17) is 9.97 Å². The third-order valence-electron chi connectivity index (χ3n) is 8.01. The van der Waals surface area contributed by atoms with Crippen molar-refractivity contribution in [2.75, 3.05) is 29.4 Å². The van der Waals surface area contributed by atoms with Crippen molar-refractivity contribution in [1.29, 1.82) is 5.26 Å². The second-order valence-electron chi connectivity index (χ2n) is 11.0. The van der Waals surface area contributed by atoms with Gasteiger partial charge in [-0.2, -0.15) is 5.26 Å². The zero-order chi connectivity index (χ0) is 27.0. The lowest BCUT2D eigenvalue weighted by molar-refractivity contribution is -0.136. The van der Waals surface area contributed by atoms with Crippen LogP contribution in [-0.4, -0.2) is 52.5 Å².